The number of nitrogen functional groups attached to an aromatic ring is 1. The van der Waals surface area contributed by atoms with Gasteiger partial charge in [-0.15, -0.1) is 0 Å². The van der Waals surface area contributed by atoms with Crippen LogP contribution in [0.15, 0.2) is 22.9 Å². The average Bonchev–Trinajstić information content (AvgIpc) is 2.33. The number of halogens is 3. The normalized spacial score (nSPS) is 10.3. The Morgan fingerprint density at radius 1 is 1.45 bits per heavy atom. The number of hydrogen-bond acceptors (Lipinski definition) is 6. The summed E-state index contributed by atoms with van der Waals surface area (Å²) >= 11 is 8.98. The standard InChI is InChI=1S/C10H6BrClFN5O2/c11-5-1-4(13)2-6(12)7(5)17-10-8(18(19)20)9(14)15-3-16-10/h1-3H,(H3,14,15,16,17). The largest absolute Gasteiger partial charge is 0.378 e. The highest BCUT2D eigenvalue weighted by Gasteiger charge is 2.22. The molecule has 7 nitrogen and oxygen atoms in total. The molecule has 0 saturated heterocycles. The van der Waals surface area contributed by atoms with Crippen LogP contribution in [0, 0.1) is 15.9 Å². The number of nitrogens with two attached hydrogens (primary N) is 1. The fraction of sp³-hybridized carbons (Fsp3) is 0. The number of nitrogens with zero attached hydrogens (tertiary/aromatic N) is 3. The van der Waals surface area contributed by atoms with E-state index in [2.05, 4.69) is 31.2 Å². The lowest BCUT2D eigenvalue weighted by Gasteiger charge is -2.10. The summed E-state index contributed by atoms with van der Waals surface area (Å²) in [7, 11) is 0. The molecule has 0 fully saturated rings. The van der Waals surface area contributed by atoms with Gasteiger partial charge in [-0.05, 0) is 28.1 Å². The molecule has 10 heteroatoms. The Balaban J connectivity index is 2.51. The van der Waals surface area contributed by atoms with Gasteiger partial charge in [-0.2, -0.15) is 0 Å². The van der Waals surface area contributed by atoms with E-state index in [1.807, 2.05) is 0 Å². The zero-order valence-electron chi connectivity index (χ0n) is 9.60. The van der Waals surface area contributed by atoms with E-state index in [1.165, 1.54) is 0 Å². The van der Waals surface area contributed by atoms with Crippen LogP contribution in [0.1, 0.15) is 0 Å². The summed E-state index contributed by atoms with van der Waals surface area (Å²) in [5.74, 6) is -0.984. The SMILES string of the molecule is Nc1ncnc(Nc2c(Cl)cc(F)cc2Br)c1[N+](=O)[O-]. The smallest absolute Gasteiger partial charge is 0.353 e. The van der Waals surface area contributed by atoms with Crippen molar-refractivity contribution in [2.24, 2.45) is 0 Å². The molecule has 0 bridgehead atoms. The van der Waals surface area contributed by atoms with Crippen LogP contribution in [0.3, 0.4) is 0 Å². The highest BCUT2D eigenvalue weighted by Crippen LogP contribution is 2.36. The summed E-state index contributed by atoms with van der Waals surface area (Å²) < 4.78 is 13.4. The van der Waals surface area contributed by atoms with E-state index >= 15 is 0 Å². The highest BCUT2D eigenvalue weighted by molar-refractivity contribution is 9.10. The summed E-state index contributed by atoms with van der Waals surface area (Å²) in [6, 6.07) is 2.22. The van der Waals surface area contributed by atoms with Gasteiger partial charge in [0, 0.05) is 4.47 Å². The van der Waals surface area contributed by atoms with Crippen molar-refractivity contribution in [2.45, 2.75) is 0 Å². The van der Waals surface area contributed by atoms with Crippen LogP contribution in [-0.2, 0) is 0 Å². The van der Waals surface area contributed by atoms with Crippen LogP contribution in [-0.4, -0.2) is 14.9 Å². The Hall–Kier alpha value is -2.00. The third-order valence-electron chi connectivity index (χ3n) is 2.28. The molecule has 0 aliphatic heterocycles. The predicted molar refractivity (Wildman–Crippen MR) is 75.5 cm³/mol. The van der Waals surface area contributed by atoms with E-state index in [9.17, 15) is 14.5 Å². The molecule has 1 heterocycles. The minimum atomic E-state index is -0.719. The third-order valence-corrected chi connectivity index (χ3v) is 3.21. The van der Waals surface area contributed by atoms with Crippen LogP contribution >= 0.6 is 27.5 Å². The second kappa shape index (κ2) is 5.55. The minimum Gasteiger partial charge on any atom is -0.378 e. The van der Waals surface area contributed by atoms with Gasteiger partial charge in [0.15, 0.2) is 0 Å². The Kier molecular flexibility index (Phi) is 4.00. The van der Waals surface area contributed by atoms with Gasteiger partial charge in [0.05, 0.1) is 15.6 Å². The van der Waals surface area contributed by atoms with Crippen LogP contribution in [0.2, 0.25) is 5.02 Å². The molecule has 0 saturated carbocycles. The van der Waals surface area contributed by atoms with Gasteiger partial charge in [0.2, 0.25) is 11.6 Å². The van der Waals surface area contributed by atoms with Crippen LogP contribution < -0.4 is 11.1 Å². The van der Waals surface area contributed by atoms with Gasteiger partial charge in [-0.1, -0.05) is 11.6 Å². The first-order valence-corrected chi connectivity index (χ1v) is 6.23. The summed E-state index contributed by atoms with van der Waals surface area (Å²) in [6.07, 6.45) is 1.07. The molecule has 2 rings (SSSR count). The van der Waals surface area contributed by atoms with E-state index in [1.54, 1.807) is 0 Å². The van der Waals surface area contributed by atoms with Crippen molar-refractivity contribution < 1.29 is 9.31 Å². The van der Waals surface area contributed by atoms with Crippen molar-refractivity contribution in [3.05, 3.63) is 43.9 Å². The van der Waals surface area contributed by atoms with Crippen LogP contribution in [0.25, 0.3) is 0 Å². The number of rotatable bonds is 3. The van der Waals surface area contributed by atoms with Gasteiger partial charge in [-0.3, -0.25) is 10.1 Å². The molecule has 0 spiro atoms. The lowest BCUT2D eigenvalue weighted by atomic mass is 10.3. The number of benzene rings is 1. The second-order valence-electron chi connectivity index (χ2n) is 3.58. The van der Waals surface area contributed by atoms with Crippen LogP contribution in [0.4, 0.5) is 27.4 Å². The van der Waals surface area contributed by atoms with Gasteiger partial charge >= 0.3 is 5.69 Å². The first-order valence-electron chi connectivity index (χ1n) is 5.06. The van der Waals surface area contributed by atoms with E-state index in [4.69, 9.17) is 17.3 Å². The Morgan fingerprint density at radius 3 is 2.75 bits per heavy atom. The molecule has 20 heavy (non-hydrogen) atoms. The third kappa shape index (κ3) is 2.78. The number of nitrogens with one attached hydrogen (secondary N) is 1. The fourth-order valence-corrected chi connectivity index (χ4v) is 2.34. The summed E-state index contributed by atoms with van der Waals surface area (Å²) in [5, 5.41) is 13.6. The highest BCUT2D eigenvalue weighted by atomic mass is 79.9. The Morgan fingerprint density at radius 2 is 2.15 bits per heavy atom. The van der Waals surface area contributed by atoms with Crippen molar-refractivity contribution >= 4 is 50.5 Å². The van der Waals surface area contributed by atoms with Gasteiger partial charge in [0.1, 0.15) is 12.1 Å². The topological polar surface area (TPSA) is 107 Å². The first-order chi connectivity index (χ1) is 9.40. The molecule has 0 radical (unpaired) electrons. The molecule has 0 atom stereocenters. The second-order valence-corrected chi connectivity index (χ2v) is 4.84. The maximum atomic E-state index is 13.1. The molecule has 1 aromatic carbocycles. The number of nitro groups is 1. The maximum absolute atomic E-state index is 13.1. The molecule has 2 aromatic rings. The minimum absolute atomic E-state index is 0.0309. The predicted octanol–water partition coefficient (Wildman–Crippen LogP) is 3.27. The van der Waals surface area contributed by atoms with E-state index < -0.39 is 16.4 Å². The molecule has 0 unspecified atom stereocenters. The summed E-state index contributed by atoms with van der Waals surface area (Å²) in [4.78, 5) is 17.5. The van der Waals surface area contributed by atoms with E-state index in [0.717, 1.165) is 18.5 Å². The van der Waals surface area contributed by atoms with Crippen molar-refractivity contribution in [1.29, 1.82) is 0 Å². The zero-order chi connectivity index (χ0) is 14.9. The van der Waals surface area contributed by atoms with Crippen molar-refractivity contribution in [3.8, 4) is 0 Å². The quantitative estimate of drug-likeness (QED) is 0.641. The molecular formula is C10H6BrClFN5O2. The summed E-state index contributed by atoms with van der Waals surface area (Å²) in [6.45, 7) is 0. The molecule has 0 aliphatic rings. The maximum Gasteiger partial charge on any atom is 0.353 e. The summed E-state index contributed by atoms with van der Waals surface area (Å²) in [5.41, 5.74) is 5.18. The zero-order valence-corrected chi connectivity index (χ0v) is 11.9. The van der Waals surface area contributed by atoms with Crippen LogP contribution in [0.5, 0.6) is 0 Å². The Bertz CT molecular complexity index is 676. The molecule has 104 valence electrons. The first kappa shape index (κ1) is 14.4. The average molecular weight is 363 g/mol. The van der Waals surface area contributed by atoms with Crippen molar-refractivity contribution in [2.75, 3.05) is 11.1 Å². The molecule has 0 aliphatic carbocycles. The molecule has 0 amide bonds. The van der Waals surface area contributed by atoms with Gasteiger partial charge < -0.3 is 11.1 Å². The fourth-order valence-electron chi connectivity index (χ4n) is 1.44. The molecular weight excluding hydrogens is 356 g/mol. The Labute approximate surface area is 125 Å². The molecule has 3 N–H and O–H groups in total. The van der Waals surface area contributed by atoms with E-state index in [0.29, 0.717) is 0 Å². The molecule has 1 aromatic heterocycles. The number of anilines is 3. The number of aromatic nitrogens is 2. The van der Waals surface area contributed by atoms with Gasteiger partial charge in [-0.25, -0.2) is 14.4 Å². The number of hydrogen-bond donors (Lipinski definition) is 2. The van der Waals surface area contributed by atoms with Crippen molar-refractivity contribution in [3.63, 3.8) is 0 Å². The lowest BCUT2D eigenvalue weighted by Crippen LogP contribution is -2.05. The van der Waals surface area contributed by atoms with Crippen molar-refractivity contribution in [1.82, 2.24) is 9.97 Å². The lowest BCUT2D eigenvalue weighted by molar-refractivity contribution is -0.383. The van der Waals surface area contributed by atoms with E-state index in [-0.39, 0.29) is 26.8 Å². The van der Waals surface area contributed by atoms with Gasteiger partial charge in [0.25, 0.3) is 0 Å². The monoisotopic (exact) mass is 361 g/mol.